The van der Waals surface area contributed by atoms with E-state index < -0.39 is 0 Å². The summed E-state index contributed by atoms with van der Waals surface area (Å²) in [4.78, 5) is 25.7. The van der Waals surface area contributed by atoms with Gasteiger partial charge in [0, 0.05) is 19.5 Å². The van der Waals surface area contributed by atoms with Crippen LogP contribution in [0.3, 0.4) is 0 Å². The van der Waals surface area contributed by atoms with E-state index in [1.165, 1.54) is 18.3 Å². The Bertz CT molecular complexity index is 468. The maximum Gasteiger partial charge on any atom is 0.264 e. The molecule has 1 aromatic heterocycles. The lowest BCUT2D eigenvalue weighted by Crippen LogP contribution is -2.45. The van der Waals surface area contributed by atoms with Crippen LogP contribution in [0.4, 0.5) is 5.00 Å². The van der Waals surface area contributed by atoms with Crippen molar-refractivity contribution in [1.82, 2.24) is 4.90 Å². The number of aliphatic hydroxyl groups excluding tert-OH is 1. The van der Waals surface area contributed by atoms with Gasteiger partial charge < -0.3 is 15.3 Å². The summed E-state index contributed by atoms with van der Waals surface area (Å²) in [5.74, 6) is -0.201. The zero-order chi connectivity index (χ0) is 13.8. The van der Waals surface area contributed by atoms with Crippen molar-refractivity contribution in [3.05, 3.63) is 17.0 Å². The van der Waals surface area contributed by atoms with E-state index in [-0.39, 0.29) is 24.5 Å². The molecule has 0 spiro atoms. The zero-order valence-electron chi connectivity index (χ0n) is 10.9. The molecule has 0 saturated heterocycles. The molecule has 0 aliphatic heterocycles. The molecule has 2 amide bonds. The first kappa shape index (κ1) is 14.0. The van der Waals surface area contributed by atoms with E-state index in [1.807, 2.05) is 0 Å². The molecule has 0 unspecified atom stereocenters. The molecule has 0 atom stereocenters. The van der Waals surface area contributed by atoms with Crippen molar-refractivity contribution in [2.45, 2.75) is 32.2 Å². The number of carbonyl (C=O) groups excluding carboxylic acids is 2. The predicted molar refractivity (Wildman–Crippen MR) is 74.4 cm³/mol. The summed E-state index contributed by atoms with van der Waals surface area (Å²) in [6.07, 6.45) is 3.16. The van der Waals surface area contributed by atoms with Crippen molar-refractivity contribution in [3.63, 3.8) is 0 Å². The van der Waals surface area contributed by atoms with Gasteiger partial charge in [0.05, 0.1) is 16.5 Å². The lowest BCUT2D eigenvalue weighted by Gasteiger charge is -2.37. The summed E-state index contributed by atoms with van der Waals surface area (Å²) < 4.78 is 0. The Morgan fingerprint density at radius 1 is 1.47 bits per heavy atom. The van der Waals surface area contributed by atoms with Crippen LogP contribution < -0.4 is 5.32 Å². The van der Waals surface area contributed by atoms with Crippen LogP contribution in [0.15, 0.2) is 12.1 Å². The first-order chi connectivity index (χ1) is 9.11. The third-order valence-corrected chi connectivity index (χ3v) is 4.22. The third kappa shape index (κ3) is 3.33. The number of hydrogen-bond acceptors (Lipinski definition) is 4. The van der Waals surface area contributed by atoms with Gasteiger partial charge in [-0.25, -0.2) is 0 Å². The molecule has 6 heteroatoms. The van der Waals surface area contributed by atoms with E-state index in [9.17, 15) is 9.59 Å². The van der Waals surface area contributed by atoms with Crippen LogP contribution in [-0.4, -0.2) is 41.0 Å². The molecule has 1 saturated carbocycles. The average molecular weight is 282 g/mol. The average Bonchev–Trinajstić information content (AvgIpc) is 2.72. The van der Waals surface area contributed by atoms with E-state index in [0.29, 0.717) is 16.4 Å². The van der Waals surface area contributed by atoms with Gasteiger partial charge in [-0.1, -0.05) is 0 Å². The lowest BCUT2D eigenvalue weighted by atomic mass is 9.91. The van der Waals surface area contributed by atoms with Crippen LogP contribution in [0.2, 0.25) is 0 Å². The van der Waals surface area contributed by atoms with Crippen molar-refractivity contribution < 1.29 is 14.7 Å². The molecule has 19 heavy (non-hydrogen) atoms. The lowest BCUT2D eigenvalue weighted by molar-refractivity contribution is -0.114. The van der Waals surface area contributed by atoms with Crippen molar-refractivity contribution in [3.8, 4) is 0 Å². The molecule has 2 N–H and O–H groups in total. The van der Waals surface area contributed by atoms with E-state index in [2.05, 4.69) is 5.32 Å². The summed E-state index contributed by atoms with van der Waals surface area (Å²) in [5.41, 5.74) is 0. The summed E-state index contributed by atoms with van der Waals surface area (Å²) in [5, 5.41) is 12.4. The largest absolute Gasteiger partial charge is 0.395 e. The first-order valence-electron chi connectivity index (χ1n) is 6.41. The third-order valence-electron chi connectivity index (χ3n) is 3.23. The van der Waals surface area contributed by atoms with Crippen molar-refractivity contribution in [2.75, 3.05) is 18.5 Å². The Balaban J connectivity index is 2.07. The SMILES string of the molecule is CC(=O)Nc1ccc(C(=O)N(CCO)C2CCC2)s1. The molecule has 104 valence electrons. The Kier molecular flexibility index (Phi) is 4.55. The second kappa shape index (κ2) is 6.16. The van der Waals surface area contributed by atoms with Gasteiger partial charge in [-0.3, -0.25) is 9.59 Å². The first-order valence-corrected chi connectivity index (χ1v) is 7.22. The molecule has 1 fully saturated rings. The summed E-state index contributed by atoms with van der Waals surface area (Å²) in [7, 11) is 0. The van der Waals surface area contributed by atoms with E-state index in [4.69, 9.17) is 5.11 Å². The van der Waals surface area contributed by atoms with Gasteiger partial charge in [0.15, 0.2) is 0 Å². The molecule has 1 aliphatic rings. The van der Waals surface area contributed by atoms with Crippen molar-refractivity contribution >= 4 is 28.2 Å². The fraction of sp³-hybridized carbons (Fsp3) is 0.538. The molecule has 1 aliphatic carbocycles. The standard InChI is InChI=1S/C13H18N2O3S/c1-9(17)14-12-6-5-11(19-12)13(18)15(7-8-16)10-3-2-4-10/h5-6,10,16H,2-4,7-8H2,1H3,(H,14,17). The van der Waals surface area contributed by atoms with Gasteiger partial charge in [0.2, 0.25) is 5.91 Å². The maximum atomic E-state index is 12.4. The Morgan fingerprint density at radius 2 is 2.21 bits per heavy atom. The number of thiophene rings is 1. The normalized spacial score (nSPS) is 14.8. The second-order valence-corrected chi connectivity index (χ2v) is 5.74. The van der Waals surface area contributed by atoms with E-state index in [0.717, 1.165) is 19.3 Å². The highest BCUT2D eigenvalue weighted by Crippen LogP contribution is 2.29. The van der Waals surface area contributed by atoms with Crippen LogP contribution in [0, 0.1) is 0 Å². The van der Waals surface area contributed by atoms with Crippen LogP contribution in [0.25, 0.3) is 0 Å². The quantitative estimate of drug-likeness (QED) is 0.863. The van der Waals surface area contributed by atoms with Gasteiger partial charge in [0.25, 0.3) is 5.91 Å². The zero-order valence-corrected chi connectivity index (χ0v) is 11.7. The number of anilines is 1. The summed E-state index contributed by atoms with van der Waals surface area (Å²) >= 11 is 1.27. The molecule has 5 nitrogen and oxygen atoms in total. The molecule has 0 radical (unpaired) electrons. The molecule has 2 rings (SSSR count). The molecule has 0 aromatic carbocycles. The number of aliphatic hydroxyl groups is 1. The Morgan fingerprint density at radius 3 is 2.74 bits per heavy atom. The number of carbonyl (C=O) groups is 2. The number of nitrogens with zero attached hydrogens (tertiary/aromatic N) is 1. The topological polar surface area (TPSA) is 69.6 Å². The van der Waals surface area contributed by atoms with E-state index >= 15 is 0 Å². The van der Waals surface area contributed by atoms with Crippen molar-refractivity contribution in [2.24, 2.45) is 0 Å². The highest BCUT2D eigenvalue weighted by Gasteiger charge is 2.29. The minimum atomic E-state index is -0.146. The van der Waals surface area contributed by atoms with Crippen LogP contribution >= 0.6 is 11.3 Å². The van der Waals surface area contributed by atoms with Gasteiger partial charge in [-0.2, -0.15) is 0 Å². The molecule has 1 aromatic rings. The highest BCUT2D eigenvalue weighted by molar-refractivity contribution is 7.18. The number of rotatable bonds is 5. The smallest absolute Gasteiger partial charge is 0.264 e. The van der Waals surface area contributed by atoms with Crippen molar-refractivity contribution in [1.29, 1.82) is 0 Å². The van der Waals surface area contributed by atoms with Crippen LogP contribution in [0.5, 0.6) is 0 Å². The number of nitrogens with one attached hydrogen (secondary N) is 1. The molecular weight excluding hydrogens is 264 g/mol. The summed E-state index contributed by atoms with van der Waals surface area (Å²) in [6.45, 7) is 1.79. The fourth-order valence-electron chi connectivity index (χ4n) is 2.09. The second-order valence-electron chi connectivity index (χ2n) is 4.65. The van der Waals surface area contributed by atoms with Gasteiger partial charge in [-0.05, 0) is 31.4 Å². The number of hydrogen-bond donors (Lipinski definition) is 2. The fourth-order valence-corrected chi connectivity index (χ4v) is 3.00. The van der Waals surface area contributed by atoms with Gasteiger partial charge in [-0.15, -0.1) is 11.3 Å². The minimum absolute atomic E-state index is 0.0217. The molecule has 0 bridgehead atoms. The minimum Gasteiger partial charge on any atom is -0.395 e. The highest BCUT2D eigenvalue weighted by atomic mass is 32.1. The maximum absolute atomic E-state index is 12.4. The monoisotopic (exact) mass is 282 g/mol. The molecule has 1 heterocycles. The van der Waals surface area contributed by atoms with Gasteiger partial charge in [0.1, 0.15) is 0 Å². The predicted octanol–water partition coefficient (Wildman–Crippen LogP) is 1.69. The summed E-state index contributed by atoms with van der Waals surface area (Å²) in [6, 6.07) is 3.71. The van der Waals surface area contributed by atoms with Crippen LogP contribution in [-0.2, 0) is 4.79 Å². The molecular formula is C13H18N2O3S. The van der Waals surface area contributed by atoms with E-state index in [1.54, 1.807) is 17.0 Å². The van der Waals surface area contributed by atoms with Crippen LogP contribution in [0.1, 0.15) is 35.9 Å². The Labute approximate surface area is 116 Å². The Hall–Kier alpha value is -1.40. The number of amides is 2. The van der Waals surface area contributed by atoms with Gasteiger partial charge >= 0.3 is 0 Å².